The van der Waals surface area contributed by atoms with Crippen LogP contribution in [0.5, 0.6) is 5.75 Å². The lowest BCUT2D eigenvalue weighted by atomic mass is 10.3. The molecule has 0 bridgehead atoms. The molecule has 1 aromatic carbocycles. The average molecular weight is 433 g/mol. The molecule has 1 N–H and O–H groups in total. The smallest absolute Gasteiger partial charge is 0.417 e. The van der Waals surface area contributed by atoms with Gasteiger partial charge in [-0.1, -0.05) is 11.6 Å². The van der Waals surface area contributed by atoms with Gasteiger partial charge in [-0.2, -0.15) is 18.3 Å². The quantitative estimate of drug-likeness (QED) is 0.663. The van der Waals surface area contributed by atoms with Gasteiger partial charge in [-0.25, -0.2) is 18.1 Å². The second-order valence-electron chi connectivity index (χ2n) is 5.48. The van der Waals surface area contributed by atoms with E-state index in [1.165, 1.54) is 19.2 Å². The molecule has 0 saturated heterocycles. The van der Waals surface area contributed by atoms with Crippen molar-refractivity contribution in [3.63, 3.8) is 0 Å². The highest BCUT2D eigenvalue weighted by Crippen LogP contribution is 2.32. The predicted octanol–water partition coefficient (Wildman–Crippen LogP) is 3.75. The lowest BCUT2D eigenvalue weighted by molar-refractivity contribution is -0.137. The van der Waals surface area contributed by atoms with Crippen molar-refractivity contribution >= 4 is 27.3 Å². The van der Waals surface area contributed by atoms with Crippen LogP contribution in [0.4, 0.5) is 18.9 Å². The minimum atomic E-state index is -4.60. The molecule has 3 aromatic rings. The maximum Gasteiger partial charge on any atom is 0.417 e. The molecular formula is C16H12ClF3N4O3S. The lowest BCUT2D eigenvalue weighted by Crippen LogP contribution is -2.12. The molecule has 0 aliphatic rings. The Labute approximate surface area is 162 Å². The lowest BCUT2D eigenvalue weighted by Gasteiger charge is -2.09. The molecule has 0 atom stereocenters. The van der Waals surface area contributed by atoms with Crippen LogP contribution in [0.25, 0.3) is 5.82 Å². The summed E-state index contributed by atoms with van der Waals surface area (Å²) in [7, 11) is -2.51. The molecule has 148 valence electrons. The van der Waals surface area contributed by atoms with Crippen LogP contribution in [0.1, 0.15) is 5.56 Å². The normalized spacial score (nSPS) is 12.0. The first kappa shape index (κ1) is 20.0. The topological polar surface area (TPSA) is 86.1 Å². The van der Waals surface area contributed by atoms with Crippen molar-refractivity contribution < 1.29 is 26.3 Å². The second kappa shape index (κ2) is 7.32. The summed E-state index contributed by atoms with van der Waals surface area (Å²) in [6.45, 7) is 0. The molecule has 2 aromatic heterocycles. The van der Waals surface area contributed by atoms with Gasteiger partial charge in [0, 0.05) is 11.9 Å². The van der Waals surface area contributed by atoms with Crippen molar-refractivity contribution in [1.29, 1.82) is 0 Å². The maximum absolute atomic E-state index is 12.7. The molecule has 12 heteroatoms. The van der Waals surface area contributed by atoms with E-state index in [1.807, 2.05) is 0 Å². The maximum atomic E-state index is 12.7. The molecule has 28 heavy (non-hydrogen) atoms. The van der Waals surface area contributed by atoms with Crippen LogP contribution < -0.4 is 9.46 Å². The van der Waals surface area contributed by atoms with E-state index >= 15 is 0 Å². The number of ether oxygens (including phenoxy) is 1. The van der Waals surface area contributed by atoms with Gasteiger partial charge in [-0.15, -0.1) is 0 Å². The Kier molecular flexibility index (Phi) is 5.22. The molecule has 0 amide bonds. The third-order valence-electron chi connectivity index (χ3n) is 3.58. The summed E-state index contributed by atoms with van der Waals surface area (Å²) >= 11 is 5.85. The van der Waals surface area contributed by atoms with Crippen LogP contribution in [0.2, 0.25) is 5.02 Å². The average Bonchev–Trinajstić information content (AvgIpc) is 3.12. The number of pyridine rings is 1. The highest BCUT2D eigenvalue weighted by Gasteiger charge is 2.32. The number of sulfonamides is 1. The summed E-state index contributed by atoms with van der Waals surface area (Å²) in [5, 5.41) is 3.49. The van der Waals surface area contributed by atoms with Crippen molar-refractivity contribution in [1.82, 2.24) is 14.8 Å². The van der Waals surface area contributed by atoms with Gasteiger partial charge in [0.05, 0.1) is 30.1 Å². The minimum absolute atomic E-state index is 0.138. The zero-order valence-electron chi connectivity index (χ0n) is 14.1. The van der Waals surface area contributed by atoms with Crippen molar-refractivity contribution in [2.45, 2.75) is 11.1 Å². The Balaban J connectivity index is 1.86. The summed E-state index contributed by atoms with van der Waals surface area (Å²) < 4.78 is 71.4. The van der Waals surface area contributed by atoms with Crippen LogP contribution in [0.3, 0.4) is 0 Å². The third-order valence-corrected chi connectivity index (χ3v) is 5.19. The van der Waals surface area contributed by atoms with Gasteiger partial charge in [0.15, 0.2) is 5.82 Å². The summed E-state index contributed by atoms with van der Waals surface area (Å²) in [6.07, 6.45) is -1.89. The van der Waals surface area contributed by atoms with Crippen molar-refractivity contribution in [2.75, 3.05) is 11.8 Å². The van der Waals surface area contributed by atoms with Crippen molar-refractivity contribution in [3.8, 4) is 11.6 Å². The zero-order chi connectivity index (χ0) is 20.5. The van der Waals surface area contributed by atoms with Gasteiger partial charge in [0.25, 0.3) is 10.0 Å². The SMILES string of the molecule is COc1ccc(NS(=O)(=O)c2cnn(-c3ncc(C(F)(F)F)cc3Cl)c2)cc1. The molecule has 0 radical (unpaired) electrons. The van der Waals surface area contributed by atoms with Gasteiger partial charge >= 0.3 is 6.18 Å². The molecule has 0 aliphatic heterocycles. The number of hydrogen-bond acceptors (Lipinski definition) is 5. The van der Waals surface area contributed by atoms with Gasteiger partial charge in [0.1, 0.15) is 10.6 Å². The van der Waals surface area contributed by atoms with Gasteiger partial charge < -0.3 is 4.74 Å². The van der Waals surface area contributed by atoms with Crippen molar-refractivity contribution in [2.24, 2.45) is 0 Å². The third kappa shape index (κ3) is 4.20. The Hall–Kier alpha value is -2.79. The highest BCUT2D eigenvalue weighted by atomic mass is 35.5. The number of benzene rings is 1. The van der Waals surface area contributed by atoms with E-state index in [-0.39, 0.29) is 15.7 Å². The molecule has 0 spiro atoms. The Bertz CT molecular complexity index is 1100. The van der Waals surface area contributed by atoms with Crippen LogP contribution >= 0.6 is 11.6 Å². The number of anilines is 1. The molecule has 7 nitrogen and oxygen atoms in total. The second-order valence-corrected chi connectivity index (χ2v) is 7.57. The Morgan fingerprint density at radius 3 is 2.43 bits per heavy atom. The van der Waals surface area contributed by atoms with E-state index in [0.29, 0.717) is 23.7 Å². The summed E-state index contributed by atoms with van der Waals surface area (Å²) in [6, 6.07) is 6.86. The number of halogens is 4. The minimum Gasteiger partial charge on any atom is -0.497 e. The van der Waals surface area contributed by atoms with Gasteiger partial charge in [-0.05, 0) is 30.3 Å². The first-order chi connectivity index (χ1) is 13.1. The van der Waals surface area contributed by atoms with Crippen LogP contribution in [-0.2, 0) is 16.2 Å². The van der Waals surface area contributed by atoms with Gasteiger partial charge in [-0.3, -0.25) is 4.72 Å². The van der Waals surface area contributed by atoms with Crippen LogP contribution in [-0.4, -0.2) is 30.3 Å². The van der Waals surface area contributed by atoms with Crippen LogP contribution in [0.15, 0.2) is 53.8 Å². The number of nitrogens with zero attached hydrogens (tertiary/aromatic N) is 3. The van der Waals surface area contributed by atoms with E-state index in [9.17, 15) is 21.6 Å². The van der Waals surface area contributed by atoms with Crippen molar-refractivity contribution in [3.05, 3.63) is 59.5 Å². The first-order valence-electron chi connectivity index (χ1n) is 7.55. The fourth-order valence-electron chi connectivity index (χ4n) is 2.19. The van der Waals surface area contributed by atoms with E-state index in [1.54, 1.807) is 12.1 Å². The Morgan fingerprint density at radius 1 is 1.18 bits per heavy atom. The summed E-state index contributed by atoms with van der Waals surface area (Å²) in [4.78, 5) is 3.41. The largest absolute Gasteiger partial charge is 0.497 e. The summed E-state index contributed by atoms with van der Waals surface area (Å²) in [5.74, 6) is 0.416. The molecule has 3 rings (SSSR count). The highest BCUT2D eigenvalue weighted by molar-refractivity contribution is 7.92. The fourth-order valence-corrected chi connectivity index (χ4v) is 3.43. The number of aromatic nitrogens is 3. The standard InChI is InChI=1S/C16H12ClF3N4O3S/c1-27-12-4-2-11(3-5-12)23-28(25,26)13-8-22-24(9-13)15-14(17)6-10(7-21-15)16(18,19)20/h2-9,23H,1H3. The molecule has 0 fully saturated rings. The molecule has 0 saturated carbocycles. The number of rotatable bonds is 5. The molecule has 0 aliphatic carbocycles. The fraction of sp³-hybridized carbons (Fsp3) is 0.125. The molecule has 0 unspecified atom stereocenters. The number of methoxy groups -OCH3 is 1. The predicted molar refractivity (Wildman–Crippen MR) is 95.2 cm³/mol. The van der Waals surface area contributed by atoms with Crippen LogP contribution in [0, 0.1) is 0 Å². The Morgan fingerprint density at radius 2 is 1.86 bits per heavy atom. The first-order valence-corrected chi connectivity index (χ1v) is 9.41. The summed E-state index contributed by atoms with van der Waals surface area (Å²) in [5.41, 5.74) is -0.735. The van der Waals surface area contributed by atoms with E-state index in [4.69, 9.17) is 16.3 Å². The van der Waals surface area contributed by atoms with E-state index in [0.717, 1.165) is 17.1 Å². The molecular weight excluding hydrogens is 421 g/mol. The number of alkyl halides is 3. The molecule has 2 heterocycles. The number of hydrogen-bond donors (Lipinski definition) is 1. The van der Waals surface area contributed by atoms with E-state index < -0.39 is 21.8 Å². The van der Waals surface area contributed by atoms with Gasteiger partial charge in [0.2, 0.25) is 0 Å². The number of nitrogens with one attached hydrogen (secondary N) is 1. The zero-order valence-corrected chi connectivity index (χ0v) is 15.7. The van der Waals surface area contributed by atoms with E-state index in [2.05, 4.69) is 14.8 Å². The monoisotopic (exact) mass is 432 g/mol.